The molecular formula is C25H30O4Si. The molecule has 0 fully saturated rings. The Morgan fingerprint density at radius 1 is 0.767 bits per heavy atom. The monoisotopic (exact) mass is 422 g/mol. The highest BCUT2D eigenvalue weighted by Crippen LogP contribution is 2.39. The van der Waals surface area contributed by atoms with E-state index in [1.165, 1.54) is 0 Å². The van der Waals surface area contributed by atoms with Gasteiger partial charge in [-0.2, -0.15) is 0 Å². The summed E-state index contributed by atoms with van der Waals surface area (Å²) in [7, 11) is 1.05. The summed E-state index contributed by atoms with van der Waals surface area (Å²) in [4.78, 5) is 0. The number of rotatable bonds is 7. The fourth-order valence-corrected chi connectivity index (χ4v) is 5.65. The maximum atomic E-state index is 11.2. The van der Waals surface area contributed by atoms with Crippen molar-refractivity contribution in [1.82, 2.24) is 0 Å². The normalized spacial score (nSPS) is 12.6. The number of hydrogen-bond acceptors (Lipinski definition) is 4. The third-order valence-corrected chi connectivity index (χ3v) is 7.64. The zero-order valence-corrected chi connectivity index (χ0v) is 19.4. The number of benzene rings is 3. The maximum Gasteiger partial charge on any atom is 0.243 e. The van der Waals surface area contributed by atoms with Crippen LogP contribution in [-0.2, 0) is 9.84 Å². The van der Waals surface area contributed by atoms with Crippen molar-refractivity contribution >= 4 is 19.4 Å². The molecule has 0 saturated heterocycles. The summed E-state index contributed by atoms with van der Waals surface area (Å²) in [6, 6.07) is 24.0. The summed E-state index contributed by atoms with van der Waals surface area (Å²) in [5.41, 5.74) is 1.49. The van der Waals surface area contributed by atoms with E-state index in [-0.39, 0.29) is 5.41 Å². The molecule has 0 aliphatic carbocycles. The zero-order valence-electron chi connectivity index (χ0n) is 18.3. The molecule has 5 heteroatoms. The molecule has 0 radical (unpaired) electrons. The van der Waals surface area contributed by atoms with E-state index in [1.54, 1.807) is 14.2 Å². The lowest BCUT2D eigenvalue weighted by Crippen LogP contribution is -2.45. The van der Waals surface area contributed by atoms with Crippen LogP contribution in [0.25, 0.3) is 0 Å². The minimum Gasteiger partial charge on any atom is -0.496 e. The van der Waals surface area contributed by atoms with Gasteiger partial charge in [-0.25, -0.2) is 0 Å². The standard InChI is InChI=1S/C25H30O4Si/c1-25(2,3)18-16-21(27-4)23(22(17-18)28-5)24(26)29-30(19-12-8-6-9-13-19)20-14-10-7-11-15-20/h6-17,24,26,30H,1-5H3. The minimum atomic E-state index is -2.15. The van der Waals surface area contributed by atoms with Crippen LogP contribution in [0.1, 0.15) is 38.2 Å². The molecule has 3 aromatic rings. The van der Waals surface area contributed by atoms with Gasteiger partial charge in [-0.1, -0.05) is 81.4 Å². The van der Waals surface area contributed by atoms with Crippen LogP contribution in [0.3, 0.4) is 0 Å². The molecule has 1 atom stereocenters. The van der Waals surface area contributed by atoms with E-state index < -0.39 is 15.3 Å². The van der Waals surface area contributed by atoms with Gasteiger partial charge in [0, 0.05) is 0 Å². The molecule has 0 bridgehead atoms. The Hall–Kier alpha value is -2.60. The Balaban J connectivity index is 2.03. The van der Waals surface area contributed by atoms with Crippen molar-refractivity contribution in [3.63, 3.8) is 0 Å². The highest BCUT2D eigenvalue weighted by atomic mass is 28.3. The quantitative estimate of drug-likeness (QED) is 0.467. The summed E-state index contributed by atoms with van der Waals surface area (Å²) in [5.74, 6) is 1.11. The van der Waals surface area contributed by atoms with E-state index in [0.717, 1.165) is 15.9 Å². The molecular weight excluding hydrogens is 392 g/mol. The van der Waals surface area contributed by atoms with Crippen molar-refractivity contribution in [2.75, 3.05) is 14.2 Å². The first-order valence-electron chi connectivity index (χ1n) is 10.0. The molecule has 1 unspecified atom stereocenters. The van der Waals surface area contributed by atoms with E-state index >= 15 is 0 Å². The smallest absolute Gasteiger partial charge is 0.243 e. The second-order valence-corrected chi connectivity index (χ2v) is 10.6. The van der Waals surface area contributed by atoms with Crippen LogP contribution < -0.4 is 19.8 Å². The molecule has 0 aliphatic heterocycles. The van der Waals surface area contributed by atoms with Gasteiger partial charge in [0.05, 0.1) is 19.8 Å². The van der Waals surface area contributed by atoms with Gasteiger partial charge in [-0.05, 0) is 33.5 Å². The molecule has 0 amide bonds. The Morgan fingerprint density at radius 3 is 1.57 bits per heavy atom. The van der Waals surface area contributed by atoms with Crippen molar-refractivity contribution in [2.24, 2.45) is 0 Å². The third-order valence-electron chi connectivity index (χ3n) is 5.13. The first kappa shape index (κ1) is 22.1. The predicted molar refractivity (Wildman–Crippen MR) is 124 cm³/mol. The highest BCUT2D eigenvalue weighted by Gasteiger charge is 2.28. The second-order valence-electron chi connectivity index (χ2n) is 8.23. The largest absolute Gasteiger partial charge is 0.496 e. The highest BCUT2D eigenvalue weighted by molar-refractivity contribution is 6.80. The Bertz CT molecular complexity index is 887. The van der Waals surface area contributed by atoms with Crippen LogP contribution in [0.4, 0.5) is 0 Å². The Morgan fingerprint density at radius 2 is 1.20 bits per heavy atom. The van der Waals surface area contributed by atoms with Crippen LogP contribution in [0.5, 0.6) is 11.5 Å². The van der Waals surface area contributed by atoms with E-state index in [4.69, 9.17) is 13.9 Å². The van der Waals surface area contributed by atoms with Gasteiger partial charge in [-0.3, -0.25) is 0 Å². The molecule has 3 aromatic carbocycles. The average molecular weight is 423 g/mol. The number of ether oxygens (including phenoxy) is 2. The first-order chi connectivity index (χ1) is 14.3. The zero-order chi connectivity index (χ0) is 21.7. The lowest BCUT2D eigenvalue weighted by molar-refractivity contribution is -0.0222. The number of aliphatic hydroxyl groups is 1. The molecule has 0 aromatic heterocycles. The van der Waals surface area contributed by atoms with Crippen molar-refractivity contribution in [2.45, 2.75) is 32.5 Å². The van der Waals surface area contributed by atoms with Crippen LogP contribution >= 0.6 is 0 Å². The van der Waals surface area contributed by atoms with E-state index in [1.807, 2.05) is 72.8 Å². The van der Waals surface area contributed by atoms with Gasteiger partial charge in [0.25, 0.3) is 0 Å². The lowest BCUT2D eigenvalue weighted by atomic mass is 9.86. The molecule has 3 rings (SSSR count). The number of aliphatic hydroxyl groups excluding tert-OH is 1. The maximum absolute atomic E-state index is 11.2. The Kier molecular flexibility index (Phi) is 6.97. The number of methoxy groups -OCH3 is 2. The average Bonchev–Trinajstić information content (AvgIpc) is 2.76. The SMILES string of the molecule is COc1cc(C(C)(C)C)cc(OC)c1C(O)O[SiH](c1ccccc1)c1ccccc1. The van der Waals surface area contributed by atoms with Gasteiger partial charge in [0.2, 0.25) is 9.04 Å². The summed E-state index contributed by atoms with van der Waals surface area (Å²) in [6.45, 7) is 6.38. The van der Waals surface area contributed by atoms with Gasteiger partial charge >= 0.3 is 0 Å². The fraction of sp³-hybridized carbons (Fsp3) is 0.280. The van der Waals surface area contributed by atoms with Crippen LogP contribution in [0.2, 0.25) is 0 Å². The van der Waals surface area contributed by atoms with Crippen LogP contribution in [-0.4, -0.2) is 28.4 Å². The predicted octanol–water partition coefficient (Wildman–Crippen LogP) is 3.55. The Labute approximate surface area is 180 Å². The minimum absolute atomic E-state index is 0.0870. The number of hydrogen-bond donors (Lipinski definition) is 1. The van der Waals surface area contributed by atoms with E-state index in [9.17, 15) is 5.11 Å². The van der Waals surface area contributed by atoms with Crippen molar-refractivity contribution in [3.05, 3.63) is 83.9 Å². The molecule has 158 valence electrons. The summed E-state index contributed by atoms with van der Waals surface area (Å²) in [6.07, 6.45) is -1.18. The van der Waals surface area contributed by atoms with Gasteiger partial charge in [0.1, 0.15) is 11.5 Å². The topological polar surface area (TPSA) is 47.9 Å². The lowest BCUT2D eigenvalue weighted by Gasteiger charge is -2.27. The summed E-state index contributed by atoms with van der Waals surface area (Å²) < 4.78 is 17.6. The molecule has 0 heterocycles. The fourth-order valence-electron chi connectivity index (χ4n) is 3.42. The van der Waals surface area contributed by atoms with Crippen molar-refractivity contribution in [3.8, 4) is 11.5 Å². The summed E-state index contributed by atoms with van der Waals surface area (Å²) >= 11 is 0. The van der Waals surface area contributed by atoms with Gasteiger partial charge in [0.15, 0.2) is 6.29 Å². The van der Waals surface area contributed by atoms with E-state index in [0.29, 0.717) is 17.1 Å². The molecule has 1 N–H and O–H groups in total. The van der Waals surface area contributed by atoms with E-state index in [2.05, 4.69) is 20.8 Å². The van der Waals surface area contributed by atoms with Gasteiger partial charge < -0.3 is 19.0 Å². The molecule has 4 nitrogen and oxygen atoms in total. The van der Waals surface area contributed by atoms with Gasteiger partial charge in [-0.15, -0.1) is 0 Å². The second kappa shape index (κ2) is 9.47. The van der Waals surface area contributed by atoms with Crippen LogP contribution in [0.15, 0.2) is 72.8 Å². The van der Waals surface area contributed by atoms with Crippen LogP contribution in [0, 0.1) is 0 Å². The van der Waals surface area contributed by atoms with Crippen molar-refractivity contribution in [1.29, 1.82) is 0 Å². The molecule has 0 aliphatic rings. The van der Waals surface area contributed by atoms with Crippen molar-refractivity contribution < 1.29 is 19.0 Å². The molecule has 30 heavy (non-hydrogen) atoms. The molecule has 0 saturated carbocycles. The summed E-state index contributed by atoms with van der Waals surface area (Å²) in [5, 5.41) is 13.4. The third kappa shape index (κ3) is 4.93. The molecule has 0 spiro atoms. The first-order valence-corrected chi connectivity index (χ1v) is 11.7.